The maximum atomic E-state index is 12.0. The number of benzene rings is 2. The molecule has 0 aromatic heterocycles. The maximum Gasteiger partial charge on any atom is 0.331 e. The van der Waals surface area contributed by atoms with Crippen molar-refractivity contribution < 1.29 is 23.8 Å². The number of carbonyl (C=O) groups is 2. The lowest BCUT2D eigenvalue weighted by Gasteiger charge is -2.28. The van der Waals surface area contributed by atoms with Crippen molar-refractivity contribution in [3.63, 3.8) is 0 Å². The van der Waals surface area contributed by atoms with Crippen LogP contribution in [-0.2, 0) is 19.1 Å². The molecule has 1 heterocycles. The third-order valence-electron chi connectivity index (χ3n) is 4.40. The van der Waals surface area contributed by atoms with E-state index in [0.717, 1.165) is 43.3 Å². The quantitative estimate of drug-likeness (QED) is 0.573. The highest BCUT2D eigenvalue weighted by atomic mass is 16.5. The number of carbonyl (C=O) groups excluding carboxylic acids is 2. The molecule has 0 bridgehead atoms. The fourth-order valence-corrected chi connectivity index (χ4v) is 2.84. The van der Waals surface area contributed by atoms with Crippen LogP contribution in [0.2, 0.25) is 0 Å². The van der Waals surface area contributed by atoms with Crippen molar-refractivity contribution in [3.8, 4) is 5.75 Å². The second-order valence-electron chi connectivity index (χ2n) is 6.41. The van der Waals surface area contributed by atoms with Gasteiger partial charge in [0.15, 0.2) is 6.61 Å². The van der Waals surface area contributed by atoms with Gasteiger partial charge in [-0.25, -0.2) is 4.79 Å². The molecule has 0 radical (unpaired) electrons. The first kappa shape index (κ1) is 20.4. The molecule has 1 fully saturated rings. The summed E-state index contributed by atoms with van der Waals surface area (Å²) in [7, 11) is 1.59. The lowest BCUT2D eigenvalue weighted by atomic mass is 10.2. The van der Waals surface area contributed by atoms with Gasteiger partial charge in [0.2, 0.25) is 0 Å². The summed E-state index contributed by atoms with van der Waals surface area (Å²) in [6.07, 6.45) is 2.90. The van der Waals surface area contributed by atoms with Gasteiger partial charge >= 0.3 is 5.97 Å². The van der Waals surface area contributed by atoms with Gasteiger partial charge in [0.05, 0.1) is 20.3 Å². The molecule has 0 aliphatic carbocycles. The van der Waals surface area contributed by atoms with E-state index in [4.69, 9.17) is 14.2 Å². The van der Waals surface area contributed by atoms with Gasteiger partial charge in [0.1, 0.15) is 5.75 Å². The molecule has 0 unspecified atom stereocenters. The summed E-state index contributed by atoms with van der Waals surface area (Å²) in [5.41, 5.74) is 2.56. The van der Waals surface area contributed by atoms with Crippen molar-refractivity contribution in [2.75, 3.05) is 50.2 Å². The van der Waals surface area contributed by atoms with E-state index in [0.29, 0.717) is 5.69 Å². The van der Waals surface area contributed by atoms with Crippen LogP contribution in [0.25, 0.3) is 6.08 Å². The SMILES string of the molecule is COc1ccc(C=CC(=O)OCC(=O)Nc2ccc(N3CCOCC3)cc2)cc1. The number of amides is 1. The van der Waals surface area contributed by atoms with Crippen molar-refractivity contribution in [1.82, 2.24) is 0 Å². The molecular formula is C22H24N2O5. The van der Waals surface area contributed by atoms with Gasteiger partial charge in [0, 0.05) is 30.5 Å². The molecule has 3 rings (SSSR count). The van der Waals surface area contributed by atoms with Crippen molar-refractivity contribution in [3.05, 3.63) is 60.2 Å². The number of anilines is 2. The van der Waals surface area contributed by atoms with Gasteiger partial charge in [-0.15, -0.1) is 0 Å². The van der Waals surface area contributed by atoms with Crippen LogP contribution >= 0.6 is 0 Å². The predicted molar refractivity (Wildman–Crippen MR) is 111 cm³/mol. The van der Waals surface area contributed by atoms with E-state index in [9.17, 15) is 9.59 Å². The molecule has 0 spiro atoms. The first-order valence-corrected chi connectivity index (χ1v) is 9.35. The van der Waals surface area contributed by atoms with E-state index < -0.39 is 11.9 Å². The van der Waals surface area contributed by atoms with Crippen LogP contribution in [0.15, 0.2) is 54.6 Å². The molecule has 29 heavy (non-hydrogen) atoms. The van der Waals surface area contributed by atoms with Gasteiger partial charge in [0.25, 0.3) is 5.91 Å². The van der Waals surface area contributed by atoms with Crippen molar-refractivity contribution in [2.24, 2.45) is 0 Å². The zero-order valence-corrected chi connectivity index (χ0v) is 16.3. The lowest BCUT2D eigenvalue weighted by Crippen LogP contribution is -2.36. The Hall–Kier alpha value is -3.32. The summed E-state index contributed by atoms with van der Waals surface area (Å²) in [6.45, 7) is 2.79. The number of rotatable bonds is 7. The Morgan fingerprint density at radius 2 is 1.76 bits per heavy atom. The average molecular weight is 396 g/mol. The number of methoxy groups -OCH3 is 1. The van der Waals surface area contributed by atoms with E-state index >= 15 is 0 Å². The van der Waals surface area contributed by atoms with Gasteiger partial charge in [-0.05, 0) is 48.0 Å². The zero-order valence-electron chi connectivity index (χ0n) is 16.3. The van der Waals surface area contributed by atoms with Crippen LogP contribution in [0.1, 0.15) is 5.56 Å². The minimum Gasteiger partial charge on any atom is -0.497 e. The number of morpholine rings is 1. The Bertz CT molecular complexity index is 841. The van der Waals surface area contributed by atoms with Gasteiger partial charge < -0.3 is 24.4 Å². The van der Waals surface area contributed by atoms with Gasteiger partial charge in [-0.1, -0.05) is 12.1 Å². The Morgan fingerprint density at radius 1 is 1.07 bits per heavy atom. The summed E-state index contributed by atoms with van der Waals surface area (Å²) in [5, 5.41) is 2.72. The molecule has 152 valence electrons. The maximum absolute atomic E-state index is 12.0. The largest absolute Gasteiger partial charge is 0.497 e. The molecule has 1 N–H and O–H groups in total. The number of hydrogen-bond donors (Lipinski definition) is 1. The molecule has 0 saturated carbocycles. The van der Waals surface area contributed by atoms with E-state index in [1.54, 1.807) is 25.3 Å². The minimum absolute atomic E-state index is 0.350. The highest BCUT2D eigenvalue weighted by Crippen LogP contribution is 2.19. The second kappa shape index (κ2) is 10.3. The highest BCUT2D eigenvalue weighted by molar-refractivity contribution is 5.94. The van der Waals surface area contributed by atoms with Gasteiger partial charge in [-0.3, -0.25) is 4.79 Å². The fourth-order valence-electron chi connectivity index (χ4n) is 2.84. The first-order valence-electron chi connectivity index (χ1n) is 9.35. The third kappa shape index (κ3) is 6.36. The monoisotopic (exact) mass is 396 g/mol. The van der Waals surface area contributed by atoms with E-state index in [1.165, 1.54) is 6.08 Å². The van der Waals surface area contributed by atoms with Crippen molar-refractivity contribution >= 4 is 29.3 Å². The Morgan fingerprint density at radius 3 is 2.41 bits per heavy atom. The van der Waals surface area contributed by atoms with E-state index in [-0.39, 0.29) is 6.61 Å². The molecule has 7 heteroatoms. The van der Waals surface area contributed by atoms with E-state index in [2.05, 4.69) is 10.2 Å². The molecule has 2 aromatic carbocycles. The van der Waals surface area contributed by atoms with Crippen LogP contribution < -0.4 is 15.0 Å². The molecule has 1 saturated heterocycles. The number of esters is 1. The normalized spacial score (nSPS) is 13.9. The standard InChI is InChI=1S/C22H24N2O5/c1-27-20-9-2-17(3-10-20)4-11-22(26)29-16-21(25)23-18-5-7-19(8-6-18)24-12-14-28-15-13-24/h2-11H,12-16H2,1H3,(H,23,25). The fraction of sp³-hybridized carbons (Fsp3) is 0.273. The number of hydrogen-bond acceptors (Lipinski definition) is 6. The van der Waals surface area contributed by atoms with Crippen LogP contribution in [0.3, 0.4) is 0 Å². The Kier molecular flexibility index (Phi) is 7.24. The molecule has 1 amide bonds. The Labute approximate surface area is 169 Å². The number of ether oxygens (including phenoxy) is 3. The van der Waals surface area contributed by atoms with Crippen LogP contribution in [-0.4, -0.2) is 51.9 Å². The minimum atomic E-state index is -0.585. The molecule has 2 aromatic rings. The lowest BCUT2D eigenvalue weighted by molar-refractivity contribution is -0.142. The topological polar surface area (TPSA) is 77.1 Å². The van der Waals surface area contributed by atoms with Crippen LogP contribution in [0.5, 0.6) is 5.75 Å². The summed E-state index contributed by atoms with van der Waals surface area (Å²) in [5.74, 6) is -0.242. The average Bonchev–Trinajstić information content (AvgIpc) is 2.78. The van der Waals surface area contributed by atoms with Crippen LogP contribution in [0, 0.1) is 0 Å². The summed E-state index contributed by atoms with van der Waals surface area (Å²) >= 11 is 0. The summed E-state index contributed by atoms with van der Waals surface area (Å²) < 4.78 is 15.4. The first-order chi connectivity index (χ1) is 14.1. The predicted octanol–water partition coefficient (Wildman–Crippen LogP) is 2.73. The highest BCUT2D eigenvalue weighted by Gasteiger charge is 2.11. The van der Waals surface area contributed by atoms with Gasteiger partial charge in [-0.2, -0.15) is 0 Å². The molecular weight excluding hydrogens is 372 g/mol. The Balaban J connectivity index is 1.42. The van der Waals surface area contributed by atoms with Crippen molar-refractivity contribution in [1.29, 1.82) is 0 Å². The van der Waals surface area contributed by atoms with E-state index in [1.807, 2.05) is 36.4 Å². The smallest absolute Gasteiger partial charge is 0.331 e. The van der Waals surface area contributed by atoms with Crippen LogP contribution in [0.4, 0.5) is 11.4 Å². The molecule has 1 aliphatic rings. The zero-order chi connectivity index (χ0) is 20.5. The molecule has 1 aliphatic heterocycles. The van der Waals surface area contributed by atoms with Crippen molar-refractivity contribution in [2.45, 2.75) is 0 Å². The summed E-state index contributed by atoms with van der Waals surface area (Å²) in [6, 6.07) is 14.8. The third-order valence-corrected chi connectivity index (χ3v) is 4.40. The second-order valence-corrected chi connectivity index (χ2v) is 6.41. The molecule has 0 atom stereocenters. The molecule has 7 nitrogen and oxygen atoms in total. The number of nitrogens with one attached hydrogen (secondary N) is 1. The summed E-state index contributed by atoms with van der Waals surface area (Å²) in [4.78, 5) is 26.0. The number of nitrogens with zero attached hydrogens (tertiary/aromatic N) is 1.